The zero-order chi connectivity index (χ0) is 19.3. The molecule has 1 N–H and O–H groups in total. The van der Waals surface area contributed by atoms with Gasteiger partial charge >= 0.3 is 0 Å². The van der Waals surface area contributed by atoms with E-state index in [2.05, 4.69) is 29.3 Å². The van der Waals surface area contributed by atoms with Crippen LogP contribution in [0.25, 0.3) is 21.7 Å². The number of benzene rings is 3. The van der Waals surface area contributed by atoms with E-state index in [0.717, 1.165) is 27.3 Å². The van der Waals surface area contributed by atoms with E-state index in [0.29, 0.717) is 10.9 Å². The molecule has 138 valence electrons. The van der Waals surface area contributed by atoms with Gasteiger partial charge in [0.2, 0.25) is 5.13 Å². The Balaban J connectivity index is 1.73. The van der Waals surface area contributed by atoms with Gasteiger partial charge in [-0.2, -0.15) is 0 Å². The zero-order valence-electron chi connectivity index (χ0n) is 15.2. The molecule has 0 radical (unpaired) electrons. The fourth-order valence-corrected chi connectivity index (χ4v) is 3.78. The molecule has 0 atom stereocenters. The predicted molar refractivity (Wildman–Crippen MR) is 115 cm³/mol. The van der Waals surface area contributed by atoms with E-state index in [1.165, 1.54) is 7.11 Å². The van der Waals surface area contributed by atoms with Gasteiger partial charge in [-0.1, -0.05) is 72.0 Å². The van der Waals surface area contributed by atoms with Crippen LogP contribution in [-0.2, 0) is 0 Å². The van der Waals surface area contributed by atoms with Crippen molar-refractivity contribution in [2.75, 3.05) is 7.11 Å². The fraction of sp³-hybridized carbons (Fsp3) is 0.0435. The molecule has 0 unspecified atom stereocenters. The van der Waals surface area contributed by atoms with E-state index in [4.69, 9.17) is 9.72 Å². The molecule has 4 aromatic rings. The SMILES string of the molecule is COc1cc(/C=N/c2nc(-c3ccccc3)c(-c3ccccc3)s2)ccc1O. The second-order valence-corrected chi connectivity index (χ2v) is 7.07. The van der Waals surface area contributed by atoms with E-state index in [1.54, 1.807) is 35.8 Å². The molecule has 0 aliphatic heterocycles. The van der Waals surface area contributed by atoms with E-state index < -0.39 is 0 Å². The highest BCUT2D eigenvalue weighted by Gasteiger charge is 2.14. The van der Waals surface area contributed by atoms with Gasteiger partial charge in [0, 0.05) is 11.8 Å². The van der Waals surface area contributed by atoms with Gasteiger partial charge in [0.05, 0.1) is 17.7 Å². The number of aromatic nitrogens is 1. The van der Waals surface area contributed by atoms with Crippen molar-refractivity contribution < 1.29 is 9.84 Å². The normalized spacial score (nSPS) is 11.0. The first-order valence-corrected chi connectivity index (χ1v) is 9.59. The summed E-state index contributed by atoms with van der Waals surface area (Å²) in [7, 11) is 1.52. The van der Waals surface area contributed by atoms with Crippen LogP contribution >= 0.6 is 11.3 Å². The average Bonchev–Trinajstić information content (AvgIpc) is 3.19. The number of ether oxygens (including phenoxy) is 1. The first kappa shape index (κ1) is 17.9. The van der Waals surface area contributed by atoms with Crippen LogP contribution in [0.3, 0.4) is 0 Å². The lowest BCUT2D eigenvalue weighted by Gasteiger charge is -2.02. The molecule has 3 aromatic carbocycles. The van der Waals surface area contributed by atoms with Crippen molar-refractivity contribution in [2.24, 2.45) is 4.99 Å². The lowest BCUT2D eigenvalue weighted by Crippen LogP contribution is -1.86. The molecule has 0 amide bonds. The van der Waals surface area contributed by atoms with Gasteiger partial charge in [0.1, 0.15) is 0 Å². The first-order valence-electron chi connectivity index (χ1n) is 8.77. The van der Waals surface area contributed by atoms with Crippen LogP contribution in [0, 0.1) is 0 Å². The molecule has 0 spiro atoms. The molecule has 1 heterocycles. The number of aliphatic imine (C=N–C) groups is 1. The van der Waals surface area contributed by atoms with Crippen molar-refractivity contribution in [3.8, 4) is 33.2 Å². The lowest BCUT2D eigenvalue weighted by atomic mass is 10.1. The lowest BCUT2D eigenvalue weighted by molar-refractivity contribution is 0.373. The Morgan fingerprint density at radius 1 is 0.929 bits per heavy atom. The van der Waals surface area contributed by atoms with Crippen molar-refractivity contribution in [1.82, 2.24) is 4.98 Å². The van der Waals surface area contributed by atoms with Gasteiger partial charge < -0.3 is 9.84 Å². The Kier molecular flexibility index (Phi) is 5.17. The monoisotopic (exact) mass is 386 g/mol. The summed E-state index contributed by atoms with van der Waals surface area (Å²) in [5.41, 5.74) is 3.93. The summed E-state index contributed by atoms with van der Waals surface area (Å²) >= 11 is 1.55. The Labute approximate surface area is 167 Å². The van der Waals surface area contributed by atoms with Crippen molar-refractivity contribution in [3.63, 3.8) is 0 Å². The maximum atomic E-state index is 9.73. The minimum atomic E-state index is 0.103. The van der Waals surface area contributed by atoms with Crippen LogP contribution in [-0.4, -0.2) is 23.4 Å². The van der Waals surface area contributed by atoms with Crippen LogP contribution < -0.4 is 4.74 Å². The molecule has 0 aliphatic carbocycles. The quantitative estimate of drug-likeness (QED) is 0.432. The summed E-state index contributed by atoms with van der Waals surface area (Å²) in [5, 5.41) is 10.4. The minimum absolute atomic E-state index is 0.103. The highest BCUT2D eigenvalue weighted by molar-refractivity contribution is 7.19. The molecule has 28 heavy (non-hydrogen) atoms. The van der Waals surface area contributed by atoms with E-state index in [1.807, 2.05) is 36.4 Å². The molecule has 0 saturated carbocycles. The fourth-order valence-electron chi connectivity index (χ4n) is 2.85. The van der Waals surface area contributed by atoms with E-state index in [9.17, 15) is 5.11 Å². The number of nitrogens with zero attached hydrogens (tertiary/aromatic N) is 2. The molecule has 4 nitrogen and oxygen atoms in total. The Hall–Kier alpha value is -3.44. The summed E-state index contributed by atoms with van der Waals surface area (Å²) in [4.78, 5) is 10.4. The summed E-state index contributed by atoms with van der Waals surface area (Å²) in [6.45, 7) is 0. The van der Waals surface area contributed by atoms with Crippen molar-refractivity contribution >= 4 is 22.7 Å². The molecule has 0 aliphatic rings. The Morgan fingerprint density at radius 2 is 1.61 bits per heavy atom. The molecule has 0 saturated heterocycles. The zero-order valence-corrected chi connectivity index (χ0v) is 16.1. The van der Waals surface area contributed by atoms with Gasteiger partial charge in [-0.3, -0.25) is 0 Å². The van der Waals surface area contributed by atoms with Crippen LogP contribution in [0.4, 0.5) is 5.13 Å². The standard InChI is InChI=1S/C23H18N2O2S/c1-27-20-14-16(12-13-19(20)26)15-24-23-25-21(17-8-4-2-5-9-17)22(28-23)18-10-6-3-7-11-18/h2-15,26H,1H3/b24-15+. The number of phenolic OH excluding ortho intramolecular Hbond substituents is 1. The van der Waals surface area contributed by atoms with E-state index in [-0.39, 0.29) is 5.75 Å². The number of phenols is 1. The summed E-state index contributed by atoms with van der Waals surface area (Å²) in [5.74, 6) is 0.518. The molecule has 0 fully saturated rings. The molecule has 4 rings (SSSR count). The van der Waals surface area contributed by atoms with Gasteiger partial charge in [0.15, 0.2) is 11.5 Å². The number of rotatable bonds is 5. The molecule has 1 aromatic heterocycles. The average molecular weight is 386 g/mol. The third kappa shape index (κ3) is 3.80. The maximum absolute atomic E-state index is 9.73. The Bertz CT molecular complexity index is 1050. The van der Waals surface area contributed by atoms with Crippen LogP contribution in [0.1, 0.15) is 5.56 Å². The molecule has 0 bridgehead atoms. The number of hydrogen-bond acceptors (Lipinski definition) is 5. The first-order chi connectivity index (χ1) is 13.7. The third-order valence-corrected chi connectivity index (χ3v) is 5.24. The number of methoxy groups -OCH3 is 1. The van der Waals surface area contributed by atoms with Gasteiger partial charge in [-0.25, -0.2) is 9.98 Å². The second kappa shape index (κ2) is 8.06. The van der Waals surface area contributed by atoms with E-state index >= 15 is 0 Å². The van der Waals surface area contributed by atoms with Crippen molar-refractivity contribution in [3.05, 3.63) is 84.4 Å². The molecular formula is C23H18N2O2S. The largest absolute Gasteiger partial charge is 0.504 e. The topological polar surface area (TPSA) is 54.7 Å². The van der Waals surface area contributed by atoms with Crippen LogP contribution in [0.5, 0.6) is 11.5 Å². The Morgan fingerprint density at radius 3 is 2.29 bits per heavy atom. The van der Waals surface area contributed by atoms with Crippen LogP contribution in [0.2, 0.25) is 0 Å². The van der Waals surface area contributed by atoms with Gasteiger partial charge in [-0.05, 0) is 29.3 Å². The predicted octanol–water partition coefficient (Wildman–Crippen LogP) is 5.94. The minimum Gasteiger partial charge on any atom is -0.504 e. The highest BCUT2D eigenvalue weighted by Crippen LogP contribution is 2.40. The summed E-state index contributed by atoms with van der Waals surface area (Å²) in [6, 6.07) is 25.4. The number of aromatic hydroxyl groups is 1. The van der Waals surface area contributed by atoms with Crippen LogP contribution in [0.15, 0.2) is 83.9 Å². The summed E-state index contributed by atoms with van der Waals surface area (Å²) in [6.07, 6.45) is 1.73. The second-order valence-electron chi connectivity index (χ2n) is 6.10. The highest BCUT2D eigenvalue weighted by atomic mass is 32.1. The maximum Gasteiger partial charge on any atom is 0.210 e. The number of hydrogen-bond donors (Lipinski definition) is 1. The third-order valence-electron chi connectivity index (χ3n) is 4.23. The van der Waals surface area contributed by atoms with Gasteiger partial charge in [0.25, 0.3) is 0 Å². The van der Waals surface area contributed by atoms with Gasteiger partial charge in [-0.15, -0.1) is 0 Å². The summed E-state index contributed by atoms with van der Waals surface area (Å²) < 4.78 is 5.15. The molecular weight excluding hydrogens is 368 g/mol. The number of thiazole rings is 1. The smallest absolute Gasteiger partial charge is 0.210 e. The molecule has 5 heteroatoms. The van der Waals surface area contributed by atoms with Crippen molar-refractivity contribution in [2.45, 2.75) is 0 Å². The van der Waals surface area contributed by atoms with Crippen molar-refractivity contribution in [1.29, 1.82) is 0 Å².